The van der Waals surface area contributed by atoms with Gasteiger partial charge in [-0.25, -0.2) is 0 Å². The van der Waals surface area contributed by atoms with Gasteiger partial charge in [0.05, 0.1) is 13.7 Å². The molecule has 3 N–H and O–H groups in total. The highest BCUT2D eigenvalue weighted by Gasteiger charge is 2.32. The summed E-state index contributed by atoms with van der Waals surface area (Å²) in [6.45, 7) is 5.91. The van der Waals surface area contributed by atoms with Crippen LogP contribution >= 0.6 is 0 Å². The van der Waals surface area contributed by atoms with E-state index < -0.39 is 11.9 Å². The van der Waals surface area contributed by atoms with Gasteiger partial charge in [0.15, 0.2) is 0 Å². The predicted octanol–water partition coefficient (Wildman–Crippen LogP) is 1.06. The second-order valence-corrected chi connectivity index (χ2v) is 8.92. The van der Waals surface area contributed by atoms with Gasteiger partial charge < -0.3 is 30.5 Å². The quantitative estimate of drug-likeness (QED) is 0.630. The van der Waals surface area contributed by atoms with Gasteiger partial charge in [0.2, 0.25) is 11.8 Å². The number of piperazine rings is 2. The lowest BCUT2D eigenvalue weighted by Gasteiger charge is -2.40. The van der Waals surface area contributed by atoms with E-state index in [2.05, 4.69) is 27.1 Å². The SMILES string of the molecule is COc1ccc(N2CCN(CC(=O)Nc3ccc(N4CCN(C)CC4)cc3)[C@H](C(N)=O)C2)cc1. The van der Waals surface area contributed by atoms with Gasteiger partial charge in [-0.05, 0) is 55.6 Å². The van der Waals surface area contributed by atoms with Crippen molar-refractivity contribution in [3.05, 3.63) is 48.5 Å². The summed E-state index contributed by atoms with van der Waals surface area (Å²) < 4.78 is 5.22. The van der Waals surface area contributed by atoms with Crippen molar-refractivity contribution in [3.63, 3.8) is 0 Å². The minimum Gasteiger partial charge on any atom is -0.497 e. The lowest BCUT2D eigenvalue weighted by atomic mass is 10.1. The maximum absolute atomic E-state index is 12.7. The molecule has 2 saturated heterocycles. The van der Waals surface area contributed by atoms with Gasteiger partial charge >= 0.3 is 0 Å². The molecule has 182 valence electrons. The predicted molar refractivity (Wildman–Crippen MR) is 135 cm³/mol. The van der Waals surface area contributed by atoms with Crippen molar-refractivity contribution in [2.75, 3.05) is 81.6 Å². The van der Waals surface area contributed by atoms with Crippen LogP contribution < -0.4 is 25.6 Å². The molecular formula is C25H34N6O3. The number of carbonyl (C=O) groups excluding carboxylic acids is 2. The topological polar surface area (TPSA) is 94.4 Å². The molecule has 34 heavy (non-hydrogen) atoms. The number of nitrogens with two attached hydrogens (primary N) is 1. The first-order valence-electron chi connectivity index (χ1n) is 11.7. The Morgan fingerprint density at radius 2 is 1.50 bits per heavy atom. The summed E-state index contributed by atoms with van der Waals surface area (Å²) >= 11 is 0. The summed E-state index contributed by atoms with van der Waals surface area (Å²) in [6, 6.07) is 15.1. The minimum atomic E-state index is -0.541. The summed E-state index contributed by atoms with van der Waals surface area (Å²) in [5.41, 5.74) is 8.61. The van der Waals surface area contributed by atoms with E-state index in [0.717, 1.165) is 49.0 Å². The third kappa shape index (κ3) is 5.78. The Kier molecular flexibility index (Phi) is 7.54. The van der Waals surface area contributed by atoms with Gasteiger partial charge in [-0.3, -0.25) is 14.5 Å². The maximum Gasteiger partial charge on any atom is 0.238 e. The first-order valence-corrected chi connectivity index (χ1v) is 11.7. The van der Waals surface area contributed by atoms with Gasteiger partial charge in [-0.2, -0.15) is 0 Å². The number of anilines is 3. The summed E-state index contributed by atoms with van der Waals surface area (Å²) in [5, 5.41) is 2.95. The second-order valence-electron chi connectivity index (χ2n) is 8.92. The lowest BCUT2D eigenvalue weighted by Crippen LogP contribution is -2.59. The first kappa shape index (κ1) is 23.8. The molecule has 4 rings (SSSR count). The number of hydrogen-bond acceptors (Lipinski definition) is 7. The van der Waals surface area contributed by atoms with Gasteiger partial charge in [-0.1, -0.05) is 0 Å². The van der Waals surface area contributed by atoms with Crippen LogP contribution in [0.2, 0.25) is 0 Å². The van der Waals surface area contributed by atoms with E-state index in [9.17, 15) is 9.59 Å². The molecule has 0 aliphatic carbocycles. The molecule has 1 atom stereocenters. The average molecular weight is 467 g/mol. The molecule has 2 fully saturated rings. The smallest absolute Gasteiger partial charge is 0.238 e. The third-order valence-electron chi connectivity index (χ3n) is 6.62. The zero-order chi connectivity index (χ0) is 24.1. The summed E-state index contributed by atoms with van der Waals surface area (Å²) in [6.07, 6.45) is 0. The molecule has 9 nitrogen and oxygen atoms in total. The normalized spacial score (nSPS) is 19.6. The Bertz CT molecular complexity index is 973. The number of amides is 2. The molecule has 2 aliphatic heterocycles. The Morgan fingerprint density at radius 3 is 2.12 bits per heavy atom. The van der Waals surface area contributed by atoms with E-state index in [1.54, 1.807) is 7.11 Å². The Labute approximate surface area is 201 Å². The molecule has 2 amide bonds. The monoisotopic (exact) mass is 466 g/mol. The number of carbonyl (C=O) groups is 2. The Hall–Kier alpha value is -3.30. The number of ether oxygens (including phenoxy) is 1. The van der Waals surface area contributed by atoms with Crippen molar-refractivity contribution >= 4 is 28.9 Å². The average Bonchev–Trinajstić information content (AvgIpc) is 2.85. The van der Waals surface area contributed by atoms with Crippen LogP contribution in [0.3, 0.4) is 0 Å². The van der Waals surface area contributed by atoms with Crippen molar-refractivity contribution in [2.24, 2.45) is 5.73 Å². The molecule has 0 radical (unpaired) electrons. The molecule has 2 aliphatic rings. The Balaban J connectivity index is 1.32. The molecule has 0 bridgehead atoms. The van der Waals surface area contributed by atoms with Crippen LogP contribution in [0.25, 0.3) is 0 Å². The van der Waals surface area contributed by atoms with Crippen LogP contribution in [0.4, 0.5) is 17.1 Å². The zero-order valence-electron chi connectivity index (χ0n) is 19.9. The number of primary amides is 1. The largest absolute Gasteiger partial charge is 0.497 e. The highest BCUT2D eigenvalue weighted by Crippen LogP contribution is 2.23. The van der Waals surface area contributed by atoms with E-state index in [-0.39, 0.29) is 12.5 Å². The van der Waals surface area contributed by atoms with Gasteiger partial charge in [0.1, 0.15) is 11.8 Å². The van der Waals surface area contributed by atoms with Crippen LogP contribution in [0.15, 0.2) is 48.5 Å². The molecule has 2 aromatic rings. The van der Waals surface area contributed by atoms with Crippen LogP contribution in [-0.4, -0.2) is 94.2 Å². The maximum atomic E-state index is 12.7. The van der Waals surface area contributed by atoms with Crippen molar-refractivity contribution in [1.82, 2.24) is 9.80 Å². The van der Waals surface area contributed by atoms with Crippen molar-refractivity contribution < 1.29 is 14.3 Å². The fraction of sp³-hybridized carbons (Fsp3) is 0.440. The van der Waals surface area contributed by atoms with Crippen LogP contribution in [-0.2, 0) is 9.59 Å². The fourth-order valence-electron chi connectivity index (χ4n) is 4.51. The molecule has 2 aromatic carbocycles. The first-order chi connectivity index (χ1) is 16.4. The van der Waals surface area contributed by atoms with Gasteiger partial charge in [-0.15, -0.1) is 0 Å². The molecular weight excluding hydrogens is 432 g/mol. The number of rotatable bonds is 7. The van der Waals surface area contributed by atoms with Crippen LogP contribution in [0.1, 0.15) is 0 Å². The second kappa shape index (κ2) is 10.8. The van der Waals surface area contributed by atoms with Crippen molar-refractivity contribution in [2.45, 2.75) is 6.04 Å². The number of likely N-dealkylation sites (N-methyl/N-ethyl adjacent to an activating group) is 1. The highest BCUT2D eigenvalue weighted by molar-refractivity contribution is 5.93. The van der Waals surface area contributed by atoms with E-state index >= 15 is 0 Å². The van der Waals surface area contributed by atoms with E-state index in [4.69, 9.17) is 10.5 Å². The molecule has 0 unspecified atom stereocenters. The summed E-state index contributed by atoms with van der Waals surface area (Å²) in [7, 11) is 3.77. The molecule has 0 spiro atoms. The van der Waals surface area contributed by atoms with Crippen molar-refractivity contribution in [1.29, 1.82) is 0 Å². The fourth-order valence-corrected chi connectivity index (χ4v) is 4.51. The van der Waals surface area contributed by atoms with E-state index in [0.29, 0.717) is 19.6 Å². The molecule has 0 aromatic heterocycles. The standard InChI is InChI=1S/C25H34N6O3/c1-28-11-13-29(14-12-28)20-5-3-19(4-6-20)27-24(32)18-31-16-15-30(17-23(31)25(26)33)21-7-9-22(34-2)10-8-21/h3-10,23H,11-18H2,1-2H3,(H2,26,33)(H,27,32)/t23-/m0/s1. The van der Waals surface area contributed by atoms with Crippen LogP contribution in [0, 0.1) is 0 Å². The minimum absolute atomic E-state index is 0.115. The molecule has 0 saturated carbocycles. The van der Waals surface area contributed by atoms with Gasteiger partial charge in [0, 0.05) is 62.9 Å². The van der Waals surface area contributed by atoms with E-state index in [1.165, 1.54) is 0 Å². The summed E-state index contributed by atoms with van der Waals surface area (Å²) in [4.78, 5) is 33.6. The number of nitrogens with zero attached hydrogens (tertiary/aromatic N) is 4. The lowest BCUT2D eigenvalue weighted by molar-refractivity contribution is -0.125. The Morgan fingerprint density at radius 1 is 0.912 bits per heavy atom. The number of nitrogens with one attached hydrogen (secondary N) is 1. The number of hydrogen-bond donors (Lipinski definition) is 2. The highest BCUT2D eigenvalue weighted by atomic mass is 16.5. The molecule has 2 heterocycles. The number of benzene rings is 2. The zero-order valence-corrected chi connectivity index (χ0v) is 19.9. The summed E-state index contributed by atoms with van der Waals surface area (Å²) in [5.74, 6) is 0.195. The molecule has 9 heteroatoms. The van der Waals surface area contributed by atoms with Gasteiger partial charge in [0.25, 0.3) is 0 Å². The van der Waals surface area contributed by atoms with E-state index in [1.807, 2.05) is 53.4 Å². The van der Waals surface area contributed by atoms with Crippen molar-refractivity contribution in [3.8, 4) is 5.75 Å². The third-order valence-corrected chi connectivity index (χ3v) is 6.62. The number of methoxy groups -OCH3 is 1. The van der Waals surface area contributed by atoms with Crippen LogP contribution in [0.5, 0.6) is 5.75 Å².